The van der Waals surface area contributed by atoms with Crippen LogP contribution >= 0.6 is 0 Å². The number of nitrogens with two attached hydrogens (primary N) is 1. The summed E-state index contributed by atoms with van der Waals surface area (Å²) < 4.78 is 12.9. The summed E-state index contributed by atoms with van der Waals surface area (Å²) in [5.41, 5.74) is 5.47. The molecule has 0 fully saturated rings. The number of nitrogens with zero attached hydrogens (tertiary/aromatic N) is 1. The van der Waals surface area contributed by atoms with E-state index < -0.39 is 0 Å². The molecule has 0 aromatic heterocycles. The summed E-state index contributed by atoms with van der Waals surface area (Å²) in [4.78, 5) is 14.1. The van der Waals surface area contributed by atoms with Crippen molar-refractivity contribution in [3.8, 4) is 0 Å². The molecule has 0 aliphatic heterocycles. The van der Waals surface area contributed by atoms with Crippen molar-refractivity contribution < 1.29 is 9.18 Å². The minimum Gasteiger partial charge on any atom is -0.337 e. The second kappa shape index (κ2) is 6.37. The van der Waals surface area contributed by atoms with Crippen LogP contribution in [0.1, 0.15) is 21.5 Å². The highest BCUT2D eigenvalue weighted by molar-refractivity contribution is 5.99. The highest BCUT2D eigenvalue weighted by atomic mass is 19.1. The minimum absolute atomic E-state index is 0.143. The van der Waals surface area contributed by atoms with Crippen LogP contribution in [0.4, 0.5) is 10.1 Å². The molecule has 0 spiro atoms. The highest BCUT2D eigenvalue weighted by Crippen LogP contribution is 2.19. The average Bonchev–Trinajstić information content (AvgIpc) is 2.48. The Labute approximate surface area is 123 Å². The zero-order valence-corrected chi connectivity index (χ0v) is 12.1. The standard InChI is InChI=1S/C16H18FN3O/c1-11-3-8-15(19-18)14(9-11)16(21)20(2)10-12-4-6-13(17)7-5-12/h3-9,19H,10,18H2,1-2H3. The molecule has 2 rings (SSSR count). The maximum Gasteiger partial charge on any atom is 0.256 e. The molecular formula is C16H18FN3O. The number of hydrogen-bond donors (Lipinski definition) is 2. The van der Waals surface area contributed by atoms with Crippen LogP contribution in [-0.2, 0) is 6.54 Å². The molecule has 110 valence electrons. The number of nitrogen functional groups attached to an aromatic ring is 1. The van der Waals surface area contributed by atoms with Gasteiger partial charge >= 0.3 is 0 Å². The Morgan fingerprint density at radius 2 is 1.90 bits per heavy atom. The van der Waals surface area contributed by atoms with Crippen LogP contribution in [0.5, 0.6) is 0 Å². The number of nitrogens with one attached hydrogen (secondary N) is 1. The van der Waals surface area contributed by atoms with Gasteiger partial charge in [0.1, 0.15) is 5.82 Å². The first-order valence-electron chi connectivity index (χ1n) is 6.58. The summed E-state index contributed by atoms with van der Waals surface area (Å²) in [6.45, 7) is 2.31. The predicted octanol–water partition coefficient (Wildman–Crippen LogP) is 2.69. The third-order valence-electron chi connectivity index (χ3n) is 3.24. The van der Waals surface area contributed by atoms with Gasteiger partial charge in [0, 0.05) is 13.6 Å². The van der Waals surface area contributed by atoms with Crippen molar-refractivity contribution in [2.24, 2.45) is 5.84 Å². The molecule has 0 aliphatic carbocycles. The van der Waals surface area contributed by atoms with Crippen LogP contribution in [0, 0.1) is 12.7 Å². The molecule has 0 bridgehead atoms. The SMILES string of the molecule is Cc1ccc(NN)c(C(=O)N(C)Cc2ccc(F)cc2)c1. The molecule has 0 aliphatic rings. The molecule has 3 N–H and O–H groups in total. The maximum atomic E-state index is 12.9. The molecule has 0 unspecified atom stereocenters. The summed E-state index contributed by atoms with van der Waals surface area (Å²) in [6.07, 6.45) is 0. The molecule has 5 heteroatoms. The van der Waals surface area contributed by atoms with Crippen molar-refractivity contribution in [2.45, 2.75) is 13.5 Å². The summed E-state index contributed by atoms with van der Waals surface area (Å²) in [5, 5.41) is 0. The second-order valence-corrected chi connectivity index (χ2v) is 4.98. The van der Waals surface area contributed by atoms with E-state index in [9.17, 15) is 9.18 Å². The normalized spacial score (nSPS) is 10.3. The van der Waals surface area contributed by atoms with Gasteiger partial charge in [-0.1, -0.05) is 23.8 Å². The molecule has 0 atom stereocenters. The molecule has 1 amide bonds. The van der Waals surface area contributed by atoms with Gasteiger partial charge in [0.05, 0.1) is 11.3 Å². The number of rotatable bonds is 4. The van der Waals surface area contributed by atoms with E-state index in [2.05, 4.69) is 5.43 Å². The second-order valence-electron chi connectivity index (χ2n) is 4.98. The Kier molecular flexibility index (Phi) is 4.55. The quantitative estimate of drug-likeness (QED) is 0.671. The first kappa shape index (κ1) is 15.0. The maximum absolute atomic E-state index is 12.9. The molecular weight excluding hydrogens is 269 g/mol. The van der Waals surface area contributed by atoms with Crippen molar-refractivity contribution in [3.63, 3.8) is 0 Å². The van der Waals surface area contributed by atoms with Crippen molar-refractivity contribution in [3.05, 3.63) is 65.0 Å². The van der Waals surface area contributed by atoms with E-state index in [1.165, 1.54) is 12.1 Å². The first-order valence-corrected chi connectivity index (χ1v) is 6.58. The van der Waals surface area contributed by atoms with Gasteiger partial charge in [0.25, 0.3) is 5.91 Å². The summed E-state index contributed by atoms with van der Waals surface area (Å²) in [7, 11) is 1.70. The van der Waals surface area contributed by atoms with Crippen LogP contribution in [0.15, 0.2) is 42.5 Å². The Hall–Kier alpha value is -2.40. The van der Waals surface area contributed by atoms with Gasteiger partial charge in [0.2, 0.25) is 0 Å². The third-order valence-corrected chi connectivity index (χ3v) is 3.24. The lowest BCUT2D eigenvalue weighted by molar-refractivity contribution is 0.0786. The van der Waals surface area contributed by atoms with Gasteiger partial charge < -0.3 is 10.3 Å². The fourth-order valence-electron chi connectivity index (χ4n) is 2.10. The van der Waals surface area contributed by atoms with Crippen molar-refractivity contribution in [1.29, 1.82) is 0 Å². The van der Waals surface area contributed by atoms with E-state index in [1.807, 2.05) is 13.0 Å². The van der Waals surface area contributed by atoms with Crippen LogP contribution < -0.4 is 11.3 Å². The van der Waals surface area contributed by atoms with Crippen LogP contribution in [-0.4, -0.2) is 17.9 Å². The van der Waals surface area contributed by atoms with E-state index in [0.717, 1.165) is 11.1 Å². The minimum atomic E-state index is -0.291. The Morgan fingerprint density at radius 1 is 1.24 bits per heavy atom. The molecule has 2 aromatic rings. The molecule has 21 heavy (non-hydrogen) atoms. The number of hydrazine groups is 1. The van der Waals surface area contributed by atoms with Crippen molar-refractivity contribution in [2.75, 3.05) is 12.5 Å². The monoisotopic (exact) mass is 287 g/mol. The van der Waals surface area contributed by atoms with Gasteiger partial charge in [-0.25, -0.2) is 4.39 Å². The number of amides is 1. The van der Waals surface area contributed by atoms with Gasteiger partial charge in [-0.3, -0.25) is 10.6 Å². The lowest BCUT2D eigenvalue weighted by Crippen LogP contribution is -2.27. The Morgan fingerprint density at radius 3 is 2.52 bits per heavy atom. The fraction of sp³-hybridized carbons (Fsp3) is 0.188. The molecule has 4 nitrogen and oxygen atoms in total. The first-order chi connectivity index (χ1) is 10.0. The lowest BCUT2D eigenvalue weighted by Gasteiger charge is -2.19. The number of aryl methyl sites for hydroxylation is 1. The topological polar surface area (TPSA) is 58.4 Å². The highest BCUT2D eigenvalue weighted by Gasteiger charge is 2.16. The van der Waals surface area contributed by atoms with Crippen LogP contribution in [0.3, 0.4) is 0 Å². The van der Waals surface area contributed by atoms with Gasteiger partial charge in [-0.15, -0.1) is 0 Å². The smallest absolute Gasteiger partial charge is 0.256 e. The summed E-state index contributed by atoms with van der Waals surface area (Å²) in [5.74, 6) is 5.01. The number of halogens is 1. The largest absolute Gasteiger partial charge is 0.337 e. The van der Waals surface area contributed by atoms with Crippen molar-refractivity contribution >= 4 is 11.6 Å². The van der Waals surface area contributed by atoms with Crippen LogP contribution in [0.25, 0.3) is 0 Å². The van der Waals surface area contributed by atoms with Gasteiger partial charge in [0.15, 0.2) is 0 Å². The van der Waals surface area contributed by atoms with Crippen LogP contribution in [0.2, 0.25) is 0 Å². The van der Waals surface area contributed by atoms with E-state index >= 15 is 0 Å². The predicted molar refractivity (Wildman–Crippen MR) is 81.2 cm³/mol. The van der Waals surface area contributed by atoms with E-state index in [1.54, 1.807) is 36.2 Å². The number of benzene rings is 2. The van der Waals surface area contributed by atoms with Gasteiger partial charge in [-0.2, -0.15) is 0 Å². The number of anilines is 1. The zero-order valence-electron chi connectivity index (χ0n) is 12.1. The summed E-state index contributed by atoms with van der Waals surface area (Å²) in [6, 6.07) is 11.5. The molecule has 0 saturated heterocycles. The third kappa shape index (κ3) is 3.58. The fourth-order valence-corrected chi connectivity index (χ4v) is 2.10. The average molecular weight is 287 g/mol. The van der Waals surface area contributed by atoms with Gasteiger partial charge in [-0.05, 0) is 36.8 Å². The summed E-state index contributed by atoms with van der Waals surface area (Å²) >= 11 is 0. The molecule has 0 heterocycles. The lowest BCUT2D eigenvalue weighted by atomic mass is 10.1. The Balaban J connectivity index is 2.19. The molecule has 0 saturated carbocycles. The van der Waals surface area contributed by atoms with E-state index in [4.69, 9.17) is 5.84 Å². The zero-order chi connectivity index (χ0) is 15.4. The number of carbonyl (C=O) groups excluding carboxylic acids is 1. The Bertz CT molecular complexity index is 640. The number of hydrogen-bond acceptors (Lipinski definition) is 3. The van der Waals surface area contributed by atoms with E-state index in [0.29, 0.717) is 17.8 Å². The molecule has 0 radical (unpaired) electrons. The number of carbonyl (C=O) groups is 1. The van der Waals surface area contributed by atoms with Crippen molar-refractivity contribution in [1.82, 2.24) is 4.90 Å². The molecule has 2 aromatic carbocycles. The van der Waals surface area contributed by atoms with E-state index in [-0.39, 0.29) is 11.7 Å².